The van der Waals surface area contributed by atoms with Crippen LogP contribution in [0.4, 0.5) is 0 Å². The summed E-state index contributed by atoms with van der Waals surface area (Å²) < 4.78 is 7.24. The number of rotatable bonds is 5. The van der Waals surface area contributed by atoms with Crippen molar-refractivity contribution in [1.82, 2.24) is 15.1 Å². The molecule has 1 spiro atoms. The monoisotopic (exact) mass is 325 g/mol. The van der Waals surface area contributed by atoms with E-state index in [4.69, 9.17) is 16.3 Å². The number of nitrogens with zero attached hydrogens (tertiary/aromatic N) is 2. The Morgan fingerprint density at radius 2 is 2.27 bits per heavy atom. The molecule has 6 nitrogen and oxygen atoms in total. The first-order valence-electron chi connectivity index (χ1n) is 7.77. The van der Waals surface area contributed by atoms with Crippen LogP contribution in [-0.4, -0.2) is 33.8 Å². The predicted octanol–water partition coefficient (Wildman–Crippen LogP) is 1.92. The molecule has 120 valence electrons. The lowest BCUT2D eigenvalue weighted by Crippen LogP contribution is -2.43. The molecule has 0 aromatic carbocycles. The summed E-state index contributed by atoms with van der Waals surface area (Å²) in [7, 11) is 0. The number of amides is 1. The van der Waals surface area contributed by atoms with E-state index >= 15 is 0 Å². The summed E-state index contributed by atoms with van der Waals surface area (Å²) in [6.07, 6.45) is 7.98. The summed E-state index contributed by atoms with van der Waals surface area (Å²) in [5.41, 5.74) is -0.531. The smallest absolute Gasteiger partial charge is 0.307 e. The molecule has 0 radical (unpaired) electrons. The fourth-order valence-electron chi connectivity index (χ4n) is 3.48. The van der Waals surface area contributed by atoms with Gasteiger partial charge in [-0.3, -0.25) is 14.3 Å². The second kappa shape index (κ2) is 6.28. The minimum atomic E-state index is -0.531. The molecule has 2 heterocycles. The molecule has 1 atom stereocenters. The van der Waals surface area contributed by atoms with E-state index in [1.54, 1.807) is 17.1 Å². The number of halogens is 1. The normalized spacial score (nSPS) is 23.0. The molecule has 0 unspecified atom stereocenters. The quantitative estimate of drug-likeness (QED) is 0.663. The summed E-state index contributed by atoms with van der Waals surface area (Å²) in [5, 5.41) is 7.62. The second-order valence-corrected chi connectivity index (χ2v) is 6.51. The number of esters is 1. The first-order chi connectivity index (χ1) is 10.6. The lowest BCUT2D eigenvalue weighted by molar-refractivity contribution is -0.149. The number of nitrogens with one attached hydrogen (secondary N) is 1. The molecular formula is C15H20ClN3O3. The molecule has 1 saturated heterocycles. The standard InChI is InChI=1S/C15H20ClN3O3/c16-11-9-18-19(10-11)7-3-6-17-14(21)12-8-13(20)22-15(12)4-1-2-5-15/h9-10,12H,1-8H2,(H,17,21)/t12-/m1/s1. The molecule has 0 bridgehead atoms. The highest BCUT2D eigenvalue weighted by Crippen LogP contribution is 2.45. The summed E-state index contributed by atoms with van der Waals surface area (Å²) >= 11 is 5.79. The number of ether oxygens (including phenoxy) is 1. The second-order valence-electron chi connectivity index (χ2n) is 6.07. The van der Waals surface area contributed by atoms with Gasteiger partial charge < -0.3 is 10.1 Å². The molecule has 2 fully saturated rings. The van der Waals surface area contributed by atoms with Crippen LogP contribution in [0.15, 0.2) is 12.4 Å². The molecule has 1 aromatic heterocycles. The van der Waals surface area contributed by atoms with Crippen LogP contribution >= 0.6 is 11.6 Å². The maximum absolute atomic E-state index is 12.4. The summed E-state index contributed by atoms with van der Waals surface area (Å²) in [4.78, 5) is 24.0. The number of hydrogen-bond donors (Lipinski definition) is 1. The SMILES string of the molecule is O=C1C[C@H](C(=O)NCCCn2cc(Cl)cn2)C2(CCCC2)O1. The summed E-state index contributed by atoms with van der Waals surface area (Å²) in [6, 6.07) is 0. The third kappa shape index (κ3) is 3.11. The molecule has 22 heavy (non-hydrogen) atoms. The highest BCUT2D eigenvalue weighted by Gasteiger charge is 2.53. The molecule has 1 aliphatic carbocycles. The van der Waals surface area contributed by atoms with E-state index in [1.165, 1.54) is 0 Å². The van der Waals surface area contributed by atoms with Crippen molar-refractivity contribution in [2.45, 2.75) is 50.7 Å². The van der Waals surface area contributed by atoms with Gasteiger partial charge in [0.05, 0.1) is 23.6 Å². The van der Waals surface area contributed by atoms with Gasteiger partial charge in [-0.2, -0.15) is 5.10 Å². The van der Waals surface area contributed by atoms with Gasteiger partial charge >= 0.3 is 5.97 Å². The van der Waals surface area contributed by atoms with E-state index in [0.717, 1.165) is 32.1 Å². The van der Waals surface area contributed by atoms with Crippen LogP contribution in [0.1, 0.15) is 38.5 Å². The predicted molar refractivity (Wildman–Crippen MR) is 80.3 cm³/mol. The van der Waals surface area contributed by atoms with E-state index < -0.39 is 5.60 Å². The zero-order valence-corrected chi connectivity index (χ0v) is 13.1. The summed E-state index contributed by atoms with van der Waals surface area (Å²) in [5.74, 6) is -0.638. The molecule has 1 aromatic rings. The topological polar surface area (TPSA) is 73.2 Å². The molecular weight excluding hydrogens is 306 g/mol. The number of hydrogen-bond acceptors (Lipinski definition) is 4. The van der Waals surface area contributed by atoms with E-state index in [9.17, 15) is 9.59 Å². The highest BCUT2D eigenvalue weighted by atomic mass is 35.5. The third-order valence-corrected chi connectivity index (χ3v) is 4.75. The van der Waals surface area contributed by atoms with E-state index in [2.05, 4.69) is 10.4 Å². The van der Waals surface area contributed by atoms with E-state index in [0.29, 0.717) is 18.1 Å². The van der Waals surface area contributed by atoms with Crippen LogP contribution in [0.5, 0.6) is 0 Å². The molecule has 7 heteroatoms. The van der Waals surface area contributed by atoms with Gasteiger partial charge in [0.15, 0.2) is 0 Å². The fraction of sp³-hybridized carbons (Fsp3) is 0.667. The van der Waals surface area contributed by atoms with Crippen molar-refractivity contribution in [2.24, 2.45) is 5.92 Å². The fourth-order valence-corrected chi connectivity index (χ4v) is 3.64. The van der Waals surface area contributed by atoms with E-state index in [-0.39, 0.29) is 24.2 Å². The number of aromatic nitrogens is 2. The van der Waals surface area contributed by atoms with Crippen molar-refractivity contribution in [3.05, 3.63) is 17.4 Å². The van der Waals surface area contributed by atoms with Gasteiger partial charge in [-0.1, -0.05) is 11.6 Å². The van der Waals surface area contributed by atoms with Gasteiger partial charge in [-0.05, 0) is 32.1 Å². The Morgan fingerprint density at radius 1 is 1.50 bits per heavy atom. The Kier molecular flexibility index (Phi) is 4.38. The van der Waals surface area contributed by atoms with Crippen molar-refractivity contribution in [2.75, 3.05) is 6.54 Å². The van der Waals surface area contributed by atoms with Gasteiger partial charge in [0.25, 0.3) is 0 Å². The Bertz CT molecular complexity index is 566. The summed E-state index contributed by atoms with van der Waals surface area (Å²) in [6.45, 7) is 1.25. The zero-order valence-electron chi connectivity index (χ0n) is 12.4. The first kappa shape index (κ1) is 15.3. The van der Waals surface area contributed by atoms with Crippen LogP contribution in [0.3, 0.4) is 0 Å². The minimum absolute atomic E-state index is 0.0637. The molecule has 1 aliphatic heterocycles. The Hall–Kier alpha value is -1.56. The average molecular weight is 326 g/mol. The number of carbonyl (C=O) groups is 2. The van der Waals surface area contributed by atoms with Crippen LogP contribution in [-0.2, 0) is 20.9 Å². The van der Waals surface area contributed by atoms with Crippen LogP contribution < -0.4 is 5.32 Å². The van der Waals surface area contributed by atoms with Gasteiger partial charge in [-0.25, -0.2) is 0 Å². The molecule has 1 N–H and O–H groups in total. The zero-order chi connectivity index (χ0) is 15.6. The van der Waals surface area contributed by atoms with Crippen molar-refractivity contribution < 1.29 is 14.3 Å². The maximum atomic E-state index is 12.4. The largest absolute Gasteiger partial charge is 0.458 e. The van der Waals surface area contributed by atoms with Crippen molar-refractivity contribution >= 4 is 23.5 Å². The number of carbonyl (C=O) groups excluding carboxylic acids is 2. The van der Waals surface area contributed by atoms with Crippen LogP contribution in [0, 0.1) is 5.92 Å². The Morgan fingerprint density at radius 3 is 2.95 bits per heavy atom. The third-order valence-electron chi connectivity index (χ3n) is 4.55. The van der Waals surface area contributed by atoms with Gasteiger partial charge in [0.2, 0.25) is 5.91 Å². The minimum Gasteiger partial charge on any atom is -0.458 e. The van der Waals surface area contributed by atoms with Gasteiger partial charge in [-0.15, -0.1) is 0 Å². The van der Waals surface area contributed by atoms with Crippen LogP contribution in [0.25, 0.3) is 0 Å². The molecule has 1 saturated carbocycles. The van der Waals surface area contributed by atoms with E-state index in [1.807, 2.05) is 0 Å². The molecule has 3 rings (SSSR count). The van der Waals surface area contributed by atoms with Crippen LogP contribution in [0.2, 0.25) is 5.02 Å². The lowest BCUT2D eigenvalue weighted by atomic mass is 9.85. The van der Waals surface area contributed by atoms with Gasteiger partial charge in [0, 0.05) is 19.3 Å². The van der Waals surface area contributed by atoms with Crippen molar-refractivity contribution in [3.8, 4) is 0 Å². The highest BCUT2D eigenvalue weighted by molar-refractivity contribution is 6.30. The molecule has 2 aliphatic rings. The average Bonchev–Trinajstić information content (AvgIpc) is 3.18. The van der Waals surface area contributed by atoms with Crippen molar-refractivity contribution in [1.29, 1.82) is 0 Å². The Labute approximate surface area is 134 Å². The molecule has 1 amide bonds. The number of aryl methyl sites for hydroxylation is 1. The van der Waals surface area contributed by atoms with Crippen molar-refractivity contribution in [3.63, 3.8) is 0 Å². The maximum Gasteiger partial charge on any atom is 0.307 e. The Balaban J connectivity index is 1.48. The lowest BCUT2D eigenvalue weighted by Gasteiger charge is -2.27. The first-order valence-corrected chi connectivity index (χ1v) is 8.14. The van der Waals surface area contributed by atoms with Gasteiger partial charge in [0.1, 0.15) is 5.60 Å².